The number of fused-ring (bicyclic) bond motifs is 2. The maximum Gasteiger partial charge on any atom is 0.265 e. The number of ether oxygens (including phenoxy) is 1. The van der Waals surface area contributed by atoms with E-state index in [2.05, 4.69) is 21.1 Å². The molecule has 2 aromatic heterocycles. The molecule has 5 rings (SSSR count). The molecule has 3 heterocycles. The molecule has 2 aromatic carbocycles. The number of hydrogen-bond acceptors (Lipinski definition) is 5. The fourth-order valence-electron chi connectivity index (χ4n) is 3.84. The molecule has 0 bridgehead atoms. The lowest BCUT2D eigenvalue weighted by atomic mass is 10.1. The first kappa shape index (κ1) is 17.4. The van der Waals surface area contributed by atoms with E-state index in [1.165, 1.54) is 11.9 Å². The molecule has 7 heteroatoms. The normalized spacial score (nSPS) is 15.5. The van der Waals surface area contributed by atoms with Crippen molar-refractivity contribution in [1.29, 1.82) is 0 Å². The Morgan fingerprint density at radius 2 is 1.90 bits per heavy atom. The summed E-state index contributed by atoms with van der Waals surface area (Å²) in [7, 11) is 0. The van der Waals surface area contributed by atoms with Crippen LogP contribution in [-0.4, -0.2) is 38.3 Å². The van der Waals surface area contributed by atoms with Crippen LogP contribution in [0.3, 0.4) is 0 Å². The maximum atomic E-state index is 12.9. The third kappa shape index (κ3) is 3.00. The van der Waals surface area contributed by atoms with E-state index in [-0.39, 0.29) is 18.6 Å². The molecular weight excluding hydrogens is 366 g/mol. The van der Waals surface area contributed by atoms with Crippen molar-refractivity contribution in [2.75, 3.05) is 11.5 Å². The zero-order valence-corrected chi connectivity index (χ0v) is 15.9. The fourth-order valence-corrected chi connectivity index (χ4v) is 3.84. The average molecular weight is 385 g/mol. The van der Waals surface area contributed by atoms with Crippen LogP contribution in [0.25, 0.3) is 16.7 Å². The van der Waals surface area contributed by atoms with Gasteiger partial charge in [0.15, 0.2) is 12.3 Å². The molecule has 7 nitrogen and oxygen atoms in total. The molecular formula is C22H19N5O2. The summed E-state index contributed by atoms with van der Waals surface area (Å²) in [5.41, 5.74) is 3.67. The number of aromatic nitrogens is 4. The predicted octanol–water partition coefficient (Wildman–Crippen LogP) is 3.17. The lowest BCUT2D eigenvalue weighted by Crippen LogP contribution is -2.39. The fraction of sp³-hybridized carbons (Fsp3) is 0.182. The van der Waals surface area contributed by atoms with Crippen LogP contribution in [0.2, 0.25) is 0 Å². The molecule has 0 aliphatic carbocycles. The first-order valence-electron chi connectivity index (χ1n) is 9.49. The van der Waals surface area contributed by atoms with E-state index >= 15 is 0 Å². The van der Waals surface area contributed by atoms with Gasteiger partial charge in [-0.2, -0.15) is 5.10 Å². The van der Waals surface area contributed by atoms with Crippen molar-refractivity contribution in [3.63, 3.8) is 0 Å². The summed E-state index contributed by atoms with van der Waals surface area (Å²) in [5.74, 6) is 0.260. The molecule has 0 N–H and O–H groups in total. The summed E-state index contributed by atoms with van der Waals surface area (Å²) in [4.78, 5) is 23.3. The van der Waals surface area contributed by atoms with Crippen LogP contribution in [0.5, 0.6) is 5.88 Å². The van der Waals surface area contributed by atoms with Gasteiger partial charge in [-0.25, -0.2) is 14.6 Å². The van der Waals surface area contributed by atoms with Crippen molar-refractivity contribution in [3.8, 4) is 11.6 Å². The number of carbonyl (C=O) groups excluding carboxylic acids is 1. The minimum absolute atomic E-state index is 0.0929. The highest BCUT2D eigenvalue weighted by Crippen LogP contribution is 2.32. The van der Waals surface area contributed by atoms with Crippen molar-refractivity contribution in [3.05, 3.63) is 72.7 Å². The number of para-hydroxylation sites is 2. The van der Waals surface area contributed by atoms with Crippen molar-refractivity contribution in [1.82, 2.24) is 19.7 Å². The minimum atomic E-state index is -0.0959. The standard InChI is InChI=1S/C22H19N5O2/c1-15-11-16-7-5-6-10-19(16)26(15)20(28)13-29-22-18-12-25-27(21(18)23-14-24-22)17-8-3-2-4-9-17/h2-10,12,14-15H,11,13H2,1H3. The van der Waals surface area contributed by atoms with Gasteiger partial charge >= 0.3 is 0 Å². The number of nitrogens with zero attached hydrogens (tertiary/aromatic N) is 5. The second-order valence-electron chi connectivity index (χ2n) is 7.04. The van der Waals surface area contributed by atoms with Gasteiger partial charge in [-0.15, -0.1) is 0 Å². The Morgan fingerprint density at radius 1 is 1.10 bits per heavy atom. The van der Waals surface area contributed by atoms with Gasteiger partial charge in [-0.1, -0.05) is 36.4 Å². The van der Waals surface area contributed by atoms with E-state index in [1.807, 2.05) is 55.5 Å². The first-order chi connectivity index (χ1) is 14.2. The van der Waals surface area contributed by atoms with Crippen molar-refractivity contribution < 1.29 is 9.53 Å². The van der Waals surface area contributed by atoms with Crippen molar-refractivity contribution in [2.45, 2.75) is 19.4 Å². The molecule has 1 atom stereocenters. The van der Waals surface area contributed by atoms with E-state index < -0.39 is 0 Å². The van der Waals surface area contributed by atoms with Crippen LogP contribution in [0.1, 0.15) is 12.5 Å². The minimum Gasteiger partial charge on any atom is -0.467 e. The van der Waals surface area contributed by atoms with Crippen LogP contribution in [-0.2, 0) is 11.2 Å². The molecule has 144 valence electrons. The summed E-state index contributed by atoms with van der Waals surface area (Å²) in [6, 6.07) is 17.8. The Kier molecular flexibility index (Phi) is 4.20. The molecule has 29 heavy (non-hydrogen) atoms. The summed E-state index contributed by atoms with van der Waals surface area (Å²) in [6.45, 7) is 1.95. The van der Waals surface area contributed by atoms with Gasteiger partial charge in [0.05, 0.1) is 11.9 Å². The Hall–Kier alpha value is -3.74. The van der Waals surface area contributed by atoms with Crippen molar-refractivity contribution >= 4 is 22.6 Å². The summed E-state index contributed by atoms with van der Waals surface area (Å²) in [6.07, 6.45) is 3.94. The van der Waals surface area contributed by atoms with Crippen molar-refractivity contribution in [2.24, 2.45) is 0 Å². The molecule has 1 unspecified atom stereocenters. The monoisotopic (exact) mass is 385 g/mol. The van der Waals surface area contributed by atoms with Gasteiger partial charge in [0.1, 0.15) is 11.7 Å². The molecule has 0 saturated carbocycles. The Labute approximate surface area is 167 Å². The second-order valence-corrected chi connectivity index (χ2v) is 7.04. The largest absolute Gasteiger partial charge is 0.467 e. The van der Waals surface area contributed by atoms with Gasteiger partial charge in [0.2, 0.25) is 5.88 Å². The molecule has 1 aliphatic heterocycles. The SMILES string of the molecule is CC1Cc2ccccc2N1C(=O)COc1ncnc2c1cnn2-c1ccccc1. The second kappa shape index (κ2) is 7.01. The van der Waals surface area contributed by atoms with E-state index in [0.717, 1.165) is 17.8 Å². The zero-order chi connectivity index (χ0) is 19.8. The average Bonchev–Trinajstić information content (AvgIpc) is 3.33. The van der Waals surface area contributed by atoms with E-state index in [9.17, 15) is 4.79 Å². The van der Waals surface area contributed by atoms with Crippen LogP contribution < -0.4 is 9.64 Å². The lowest BCUT2D eigenvalue weighted by Gasteiger charge is -2.22. The number of amides is 1. The number of rotatable bonds is 4. The number of hydrogen-bond donors (Lipinski definition) is 0. The number of benzene rings is 2. The number of carbonyl (C=O) groups is 1. The van der Waals surface area contributed by atoms with Crippen LogP contribution in [0.4, 0.5) is 5.69 Å². The highest BCUT2D eigenvalue weighted by atomic mass is 16.5. The topological polar surface area (TPSA) is 73.1 Å². The van der Waals surface area contributed by atoms with E-state index in [0.29, 0.717) is 16.9 Å². The van der Waals surface area contributed by atoms with Gasteiger partial charge < -0.3 is 9.64 Å². The Balaban J connectivity index is 1.39. The number of anilines is 1. The first-order valence-corrected chi connectivity index (χ1v) is 9.49. The Morgan fingerprint density at radius 3 is 2.76 bits per heavy atom. The molecule has 0 saturated heterocycles. The molecule has 0 fully saturated rings. The van der Waals surface area contributed by atoms with E-state index in [1.54, 1.807) is 15.8 Å². The molecule has 1 aliphatic rings. The third-order valence-corrected chi connectivity index (χ3v) is 5.14. The van der Waals surface area contributed by atoms with Gasteiger partial charge in [-0.05, 0) is 37.1 Å². The third-order valence-electron chi connectivity index (χ3n) is 5.14. The predicted molar refractivity (Wildman–Crippen MR) is 109 cm³/mol. The van der Waals surface area contributed by atoms with Crippen LogP contribution in [0.15, 0.2) is 67.1 Å². The lowest BCUT2D eigenvalue weighted by molar-refractivity contribution is -0.120. The van der Waals surface area contributed by atoms with Crippen LogP contribution >= 0.6 is 0 Å². The maximum absolute atomic E-state index is 12.9. The van der Waals surface area contributed by atoms with Crippen LogP contribution in [0, 0.1) is 0 Å². The Bertz CT molecular complexity index is 1190. The highest BCUT2D eigenvalue weighted by Gasteiger charge is 2.30. The van der Waals surface area contributed by atoms with Gasteiger partial charge in [0, 0.05) is 11.7 Å². The van der Waals surface area contributed by atoms with E-state index in [4.69, 9.17) is 4.74 Å². The summed E-state index contributed by atoms with van der Waals surface area (Å²) < 4.78 is 7.54. The molecule has 0 spiro atoms. The highest BCUT2D eigenvalue weighted by molar-refractivity contribution is 5.97. The summed E-state index contributed by atoms with van der Waals surface area (Å²) in [5, 5.41) is 5.08. The summed E-state index contributed by atoms with van der Waals surface area (Å²) >= 11 is 0. The smallest absolute Gasteiger partial charge is 0.265 e. The molecule has 4 aromatic rings. The molecule has 0 radical (unpaired) electrons. The molecule has 1 amide bonds. The van der Waals surface area contributed by atoms with Gasteiger partial charge in [0.25, 0.3) is 5.91 Å². The zero-order valence-electron chi connectivity index (χ0n) is 15.9. The van der Waals surface area contributed by atoms with Gasteiger partial charge in [-0.3, -0.25) is 4.79 Å². The quantitative estimate of drug-likeness (QED) is 0.539.